The molecule has 1 atom stereocenters. The maximum Gasteiger partial charge on any atom is 0.408 e. The van der Waals surface area contributed by atoms with Crippen LogP contribution in [-0.4, -0.2) is 45.3 Å². The first-order valence-corrected chi connectivity index (χ1v) is 11.3. The molecule has 0 saturated heterocycles. The molecule has 5 aromatic rings. The normalized spacial score (nSPS) is 14.9. The van der Waals surface area contributed by atoms with Gasteiger partial charge in [-0.1, -0.05) is 12.1 Å². The van der Waals surface area contributed by atoms with Crippen molar-refractivity contribution in [3.63, 3.8) is 0 Å². The lowest BCUT2D eigenvalue weighted by molar-refractivity contribution is -0.162. The van der Waals surface area contributed by atoms with Crippen molar-refractivity contribution in [3.05, 3.63) is 77.5 Å². The van der Waals surface area contributed by atoms with E-state index < -0.39 is 17.8 Å². The molecule has 0 N–H and O–H groups in total. The first-order valence-electron chi connectivity index (χ1n) is 11.3. The number of hydrogen-bond donors (Lipinski definition) is 0. The number of fused-ring (bicyclic) bond motifs is 1. The molecule has 0 amide bonds. The maximum absolute atomic E-state index is 13.4. The van der Waals surface area contributed by atoms with E-state index in [2.05, 4.69) is 25.3 Å². The molecule has 9 nitrogen and oxygen atoms in total. The number of aromatic nitrogens is 8. The van der Waals surface area contributed by atoms with Gasteiger partial charge in [0.05, 0.1) is 23.6 Å². The van der Waals surface area contributed by atoms with Gasteiger partial charge in [-0.25, -0.2) is 9.97 Å². The molecular formula is C24H19F3N8O. The summed E-state index contributed by atoms with van der Waals surface area (Å²) in [5.41, 5.74) is 1.55. The Balaban J connectivity index is 1.40. The molecule has 1 aliphatic carbocycles. The summed E-state index contributed by atoms with van der Waals surface area (Å²) in [5, 5.41) is 12.8. The Morgan fingerprint density at radius 1 is 1.11 bits per heavy atom. The zero-order valence-corrected chi connectivity index (χ0v) is 19.0. The molecule has 4 aromatic heterocycles. The fraction of sp³-hybridized carbons (Fsp3) is 0.250. The SMILES string of the molecule is CC(n1cnnc1-c1cccc(-n2ncc3ccc(-n4cnc(C5CC5)c4)cc3c2=O)n1)C(F)(F)F. The van der Waals surface area contributed by atoms with Crippen LogP contribution in [0.25, 0.3) is 33.8 Å². The molecule has 0 radical (unpaired) electrons. The first kappa shape index (κ1) is 22.1. The molecule has 4 heterocycles. The lowest BCUT2D eigenvalue weighted by Gasteiger charge is -2.18. The van der Waals surface area contributed by atoms with Crippen molar-refractivity contribution in [2.24, 2.45) is 0 Å². The highest BCUT2D eigenvalue weighted by molar-refractivity contribution is 5.83. The monoisotopic (exact) mass is 492 g/mol. The number of alkyl halides is 3. The minimum atomic E-state index is -4.49. The van der Waals surface area contributed by atoms with Crippen molar-refractivity contribution < 1.29 is 13.2 Å². The van der Waals surface area contributed by atoms with Crippen molar-refractivity contribution in [2.75, 3.05) is 0 Å². The van der Waals surface area contributed by atoms with Crippen LogP contribution in [-0.2, 0) is 0 Å². The van der Waals surface area contributed by atoms with Crippen LogP contribution in [0.2, 0.25) is 0 Å². The smallest absolute Gasteiger partial charge is 0.306 e. The van der Waals surface area contributed by atoms with E-state index in [0.717, 1.165) is 46.7 Å². The summed E-state index contributed by atoms with van der Waals surface area (Å²) < 4.78 is 43.8. The van der Waals surface area contributed by atoms with E-state index in [1.54, 1.807) is 30.7 Å². The topological polar surface area (TPSA) is 96.3 Å². The highest BCUT2D eigenvalue weighted by Gasteiger charge is 2.38. The summed E-state index contributed by atoms with van der Waals surface area (Å²) in [6.45, 7) is 1.01. The number of benzene rings is 1. The van der Waals surface area contributed by atoms with Gasteiger partial charge >= 0.3 is 6.18 Å². The van der Waals surface area contributed by atoms with E-state index in [9.17, 15) is 18.0 Å². The molecule has 0 aliphatic heterocycles. The summed E-state index contributed by atoms with van der Waals surface area (Å²) >= 11 is 0. The molecule has 0 spiro atoms. The third-order valence-electron chi connectivity index (χ3n) is 6.31. The Morgan fingerprint density at radius 2 is 1.94 bits per heavy atom. The van der Waals surface area contributed by atoms with E-state index in [4.69, 9.17) is 0 Å². The molecule has 12 heteroatoms. The number of imidazole rings is 1. The minimum Gasteiger partial charge on any atom is -0.306 e. The maximum atomic E-state index is 13.4. The van der Waals surface area contributed by atoms with Crippen LogP contribution in [0.15, 0.2) is 66.2 Å². The van der Waals surface area contributed by atoms with Gasteiger partial charge in [0.25, 0.3) is 5.56 Å². The zero-order valence-electron chi connectivity index (χ0n) is 19.0. The Kier molecular flexibility index (Phi) is 4.99. The summed E-state index contributed by atoms with van der Waals surface area (Å²) in [5.74, 6) is 0.596. The fourth-order valence-corrected chi connectivity index (χ4v) is 4.05. The van der Waals surface area contributed by atoms with Crippen LogP contribution >= 0.6 is 0 Å². The second-order valence-electron chi connectivity index (χ2n) is 8.77. The average molecular weight is 492 g/mol. The van der Waals surface area contributed by atoms with Crippen LogP contribution in [0, 0.1) is 0 Å². The van der Waals surface area contributed by atoms with Gasteiger partial charge in [-0.2, -0.15) is 23.0 Å². The van der Waals surface area contributed by atoms with Gasteiger partial charge in [-0.05, 0) is 44.0 Å². The Hall–Kier alpha value is -4.35. The number of hydrogen-bond acceptors (Lipinski definition) is 6. The molecule has 6 rings (SSSR count). The van der Waals surface area contributed by atoms with Crippen molar-refractivity contribution in [3.8, 4) is 23.0 Å². The summed E-state index contributed by atoms with van der Waals surface area (Å²) in [4.78, 5) is 22.2. The summed E-state index contributed by atoms with van der Waals surface area (Å²) in [6.07, 6.45) is 4.06. The van der Waals surface area contributed by atoms with Crippen LogP contribution in [0.1, 0.15) is 37.4 Å². The average Bonchev–Trinajstić information content (AvgIpc) is 3.39. The molecule has 1 saturated carbocycles. The van der Waals surface area contributed by atoms with Gasteiger partial charge in [0.1, 0.15) is 18.1 Å². The van der Waals surface area contributed by atoms with Crippen LogP contribution in [0.3, 0.4) is 0 Å². The molecule has 36 heavy (non-hydrogen) atoms. The molecule has 182 valence electrons. The molecule has 1 aromatic carbocycles. The Bertz CT molecular complexity index is 1650. The van der Waals surface area contributed by atoms with E-state index in [0.29, 0.717) is 16.7 Å². The zero-order chi connectivity index (χ0) is 25.0. The Labute approximate surface area is 201 Å². The predicted octanol–water partition coefficient (Wildman–Crippen LogP) is 4.23. The lowest BCUT2D eigenvalue weighted by atomic mass is 10.2. The first-order chi connectivity index (χ1) is 17.3. The minimum absolute atomic E-state index is 0.0654. The van der Waals surface area contributed by atoms with Crippen LogP contribution in [0.4, 0.5) is 13.2 Å². The molecule has 1 aliphatic rings. The number of rotatable bonds is 5. The Morgan fingerprint density at radius 3 is 2.72 bits per heavy atom. The van der Waals surface area contributed by atoms with Gasteiger partial charge in [0, 0.05) is 23.2 Å². The number of halogens is 3. The third-order valence-corrected chi connectivity index (χ3v) is 6.31. The summed E-state index contributed by atoms with van der Waals surface area (Å²) in [7, 11) is 0. The number of nitrogens with zero attached hydrogens (tertiary/aromatic N) is 8. The van der Waals surface area contributed by atoms with Gasteiger partial charge in [-0.15, -0.1) is 10.2 Å². The van der Waals surface area contributed by atoms with Gasteiger partial charge in [-0.3, -0.25) is 4.79 Å². The van der Waals surface area contributed by atoms with E-state index >= 15 is 0 Å². The van der Waals surface area contributed by atoms with Gasteiger partial charge in [0.2, 0.25) is 0 Å². The second kappa shape index (κ2) is 8.11. The molecular weight excluding hydrogens is 473 g/mol. The van der Waals surface area contributed by atoms with Crippen LogP contribution < -0.4 is 5.56 Å². The van der Waals surface area contributed by atoms with Crippen molar-refractivity contribution in [1.82, 2.24) is 39.1 Å². The molecule has 0 bridgehead atoms. The quantitative estimate of drug-likeness (QED) is 0.364. The van der Waals surface area contributed by atoms with Crippen LogP contribution in [0.5, 0.6) is 0 Å². The van der Waals surface area contributed by atoms with Crippen molar-refractivity contribution in [2.45, 2.75) is 37.9 Å². The van der Waals surface area contributed by atoms with Gasteiger partial charge < -0.3 is 9.13 Å². The second-order valence-corrected chi connectivity index (χ2v) is 8.77. The largest absolute Gasteiger partial charge is 0.408 e. The highest BCUT2D eigenvalue weighted by Crippen LogP contribution is 2.39. The third kappa shape index (κ3) is 3.84. The highest BCUT2D eigenvalue weighted by atomic mass is 19.4. The fourth-order valence-electron chi connectivity index (χ4n) is 4.05. The van der Waals surface area contributed by atoms with E-state index in [1.165, 1.54) is 6.07 Å². The lowest BCUT2D eigenvalue weighted by Crippen LogP contribution is -2.24. The van der Waals surface area contributed by atoms with Crippen molar-refractivity contribution >= 4 is 10.8 Å². The predicted molar refractivity (Wildman–Crippen MR) is 124 cm³/mol. The van der Waals surface area contributed by atoms with Crippen molar-refractivity contribution in [1.29, 1.82) is 0 Å². The molecule has 1 unspecified atom stereocenters. The molecule has 1 fully saturated rings. The van der Waals surface area contributed by atoms with E-state index in [1.807, 2.05) is 22.9 Å². The van der Waals surface area contributed by atoms with E-state index in [-0.39, 0.29) is 17.3 Å². The number of pyridine rings is 1. The summed E-state index contributed by atoms with van der Waals surface area (Å²) in [6, 6.07) is 8.25. The van der Waals surface area contributed by atoms with Gasteiger partial charge in [0.15, 0.2) is 11.6 Å². The standard InChI is InChI=1S/C24H19F3N8O/c1-14(24(25,26)27)34-13-29-32-22(34)19-3-2-4-21(31-19)35-23(36)18-9-17(8-7-16(18)10-30-35)33-11-20(28-12-33)15-5-6-15/h2-4,7-15H,5-6H2,1H3.